The lowest BCUT2D eigenvalue weighted by Crippen LogP contribution is -2.18. The molecule has 0 fully saturated rings. The van der Waals surface area contributed by atoms with Crippen LogP contribution in [0.2, 0.25) is 0 Å². The molecule has 6 heteroatoms. The summed E-state index contributed by atoms with van der Waals surface area (Å²) in [4.78, 5) is 11.4. The molecule has 0 bridgehead atoms. The summed E-state index contributed by atoms with van der Waals surface area (Å²) in [6.45, 7) is 0. The summed E-state index contributed by atoms with van der Waals surface area (Å²) in [5.41, 5.74) is 0.481. The van der Waals surface area contributed by atoms with E-state index in [1.54, 1.807) is 30.3 Å². The molecule has 0 aliphatic rings. The van der Waals surface area contributed by atoms with E-state index in [0.29, 0.717) is 5.56 Å². The topological polar surface area (TPSA) is 80.7 Å². The highest BCUT2D eigenvalue weighted by molar-refractivity contribution is 7.90. The van der Waals surface area contributed by atoms with Crippen molar-refractivity contribution in [1.82, 2.24) is 0 Å². The van der Waals surface area contributed by atoms with Crippen LogP contribution in [0.15, 0.2) is 59.5 Å². The first-order chi connectivity index (χ1) is 9.88. The Hall–Kier alpha value is -2.34. The second kappa shape index (κ2) is 5.97. The van der Waals surface area contributed by atoms with Gasteiger partial charge in [0.2, 0.25) is 6.10 Å². The molecule has 110 valence electrons. The Morgan fingerprint density at radius 2 is 1.76 bits per heavy atom. The Labute approximate surface area is 122 Å². The van der Waals surface area contributed by atoms with Crippen LogP contribution in [0.4, 0.5) is 0 Å². The van der Waals surface area contributed by atoms with Gasteiger partial charge in [-0.1, -0.05) is 36.4 Å². The van der Waals surface area contributed by atoms with Gasteiger partial charge in [0, 0.05) is 11.8 Å². The van der Waals surface area contributed by atoms with Crippen LogP contribution in [0.1, 0.15) is 11.7 Å². The molecule has 0 heterocycles. The van der Waals surface area contributed by atoms with E-state index in [1.165, 1.54) is 24.3 Å². The lowest BCUT2D eigenvalue weighted by Gasteiger charge is -2.15. The lowest BCUT2D eigenvalue weighted by molar-refractivity contribution is -0.145. The van der Waals surface area contributed by atoms with E-state index in [-0.39, 0.29) is 10.6 Å². The fraction of sp³-hybridized carbons (Fsp3) is 0.133. The normalized spacial score (nSPS) is 12.6. The monoisotopic (exact) mass is 306 g/mol. The van der Waals surface area contributed by atoms with Crippen LogP contribution in [0, 0.1) is 0 Å². The SMILES string of the molecule is CS(=O)(=O)c1cccc(OC(C(=O)O)c2ccccc2)c1. The van der Waals surface area contributed by atoms with Crippen LogP contribution in [-0.4, -0.2) is 25.7 Å². The van der Waals surface area contributed by atoms with Crippen molar-refractivity contribution in [1.29, 1.82) is 0 Å². The van der Waals surface area contributed by atoms with Gasteiger partial charge in [0.1, 0.15) is 5.75 Å². The molecule has 0 aromatic heterocycles. The summed E-state index contributed by atoms with van der Waals surface area (Å²) in [5, 5.41) is 9.27. The molecule has 0 amide bonds. The van der Waals surface area contributed by atoms with Crippen LogP contribution >= 0.6 is 0 Å². The van der Waals surface area contributed by atoms with Gasteiger partial charge < -0.3 is 9.84 Å². The standard InChI is InChI=1S/C15H14O5S/c1-21(18,19)13-9-5-8-12(10-13)20-14(15(16)17)11-6-3-2-4-7-11/h2-10,14H,1H3,(H,16,17). The fourth-order valence-corrected chi connectivity index (χ4v) is 2.46. The molecule has 2 aromatic carbocycles. The van der Waals surface area contributed by atoms with Crippen molar-refractivity contribution in [2.45, 2.75) is 11.0 Å². The molecular weight excluding hydrogens is 292 g/mol. The first-order valence-corrected chi connectivity index (χ1v) is 8.01. The van der Waals surface area contributed by atoms with Gasteiger partial charge in [-0.3, -0.25) is 0 Å². The van der Waals surface area contributed by atoms with Crippen molar-refractivity contribution < 1.29 is 23.1 Å². The molecule has 5 nitrogen and oxygen atoms in total. The van der Waals surface area contributed by atoms with E-state index in [4.69, 9.17) is 4.74 Å². The number of benzene rings is 2. The Morgan fingerprint density at radius 3 is 2.33 bits per heavy atom. The Morgan fingerprint density at radius 1 is 1.10 bits per heavy atom. The highest BCUT2D eigenvalue weighted by atomic mass is 32.2. The predicted octanol–water partition coefficient (Wildman–Crippen LogP) is 2.29. The molecule has 1 atom stereocenters. The van der Waals surface area contributed by atoms with Gasteiger partial charge in [-0.15, -0.1) is 0 Å². The molecule has 0 saturated carbocycles. The minimum Gasteiger partial charge on any atom is -0.478 e. The summed E-state index contributed by atoms with van der Waals surface area (Å²) < 4.78 is 28.4. The van der Waals surface area contributed by atoms with Crippen molar-refractivity contribution in [3.8, 4) is 5.75 Å². The Bertz CT molecular complexity index is 738. The lowest BCUT2D eigenvalue weighted by atomic mass is 10.1. The van der Waals surface area contributed by atoms with E-state index >= 15 is 0 Å². The van der Waals surface area contributed by atoms with Crippen molar-refractivity contribution in [3.63, 3.8) is 0 Å². The number of rotatable bonds is 5. The van der Waals surface area contributed by atoms with Gasteiger partial charge in [0.15, 0.2) is 9.84 Å². The highest BCUT2D eigenvalue weighted by Gasteiger charge is 2.22. The summed E-state index contributed by atoms with van der Waals surface area (Å²) in [6, 6.07) is 14.2. The number of hydrogen-bond donors (Lipinski definition) is 1. The van der Waals surface area contributed by atoms with Crippen molar-refractivity contribution >= 4 is 15.8 Å². The minimum atomic E-state index is -3.37. The summed E-state index contributed by atoms with van der Waals surface area (Å²) in [5.74, 6) is -0.958. The zero-order valence-corrected chi connectivity index (χ0v) is 12.1. The molecular formula is C15H14O5S. The largest absolute Gasteiger partial charge is 0.478 e. The average molecular weight is 306 g/mol. The average Bonchev–Trinajstić information content (AvgIpc) is 2.45. The number of carboxylic acids is 1. The van der Waals surface area contributed by atoms with E-state index in [9.17, 15) is 18.3 Å². The Kier molecular flexibility index (Phi) is 4.28. The number of carbonyl (C=O) groups is 1. The number of sulfone groups is 1. The smallest absolute Gasteiger partial charge is 0.349 e. The zero-order valence-electron chi connectivity index (χ0n) is 11.3. The van der Waals surface area contributed by atoms with E-state index < -0.39 is 21.9 Å². The maximum atomic E-state index is 11.5. The fourth-order valence-electron chi connectivity index (χ4n) is 1.80. The highest BCUT2D eigenvalue weighted by Crippen LogP contribution is 2.24. The second-order valence-corrected chi connectivity index (χ2v) is 6.51. The van der Waals surface area contributed by atoms with Crippen LogP contribution in [0.3, 0.4) is 0 Å². The van der Waals surface area contributed by atoms with Gasteiger partial charge >= 0.3 is 5.97 Å². The van der Waals surface area contributed by atoms with Crippen molar-refractivity contribution in [2.75, 3.05) is 6.26 Å². The third-order valence-corrected chi connectivity index (χ3v) is 3.92. The third kappa shape index (κ3) is 3.82. The quantitative estimate of drug-likeness (QED) is 0.916. The molecule has 2 rings (SSSR count). The number of ether oxygens (including phenoxy) is 1. The van der Waals surface area contributed by atoms with Gasteiger partial charge in [-0.05, 0) is 18.2 Å². The second-order valence-electron chi connectivity index (χ2n) is 4.49. The Balaban J connectivity index is 2.33. The van der Waals surface area contributed by atoms with Gasteiger partial charge in [0.25, 0.3) is 0 Å². The van der Waals surface area contributed by atoms with Crippen LogP contribution < -0.4 is 4.74 Å². The zero-order chi connectivity index (χ0) is 15.5. The van der Waals surface area contributed by atoms with Crippen LogP contribution in [-0.2, 0) is 14.6 Å². The summed E-state index contributed by atoms with van der Waals surface area (Å²) in [7, 11) is -3.37. The van der Waals surface area contributed by atoms with E-state index in [2.05, 4.69) is 0 Å². The minimum absolute atomic E-state index is 0.0807. The summed E-state index contributed by atoms with van der Waals surface area (Å²) >= 11 is 0. The molecule has 0 aliphatic heterocycles. The number of hydrogen-bond acceptors (Lipinski definition) is 4. The number of aliphatic carboxylic acids is 1. The molecule has 1 unspecified atom stereocenters. The van der Waals surface area contributed by atoms with Crippen LogP contribution in [0.5, 0.6) is 5.75 Å². The maximum Gasteiger partial charge on any atom is 0.349 e. The molecule has 0 spiro atoms. The molecule has 0 radical (unpaired) electrons. The van der Waals surface area contributed by atoms with Gasteiger partial charge in [-0.25, -0.2) is 13.2 Å². The third-order valence-electron chi connectivity index (χ3n) is 2.81. The van der Waals surface area contributed by atoms with Gasteiger partial charge in [0.05, 0.1) is 4.90 Å². The first-order valence-electron chi connectivity index (χ1n) is 6.12. The van der Waals surface area contributed by atoms with Crippen molar-refractivity contribution in [3.05, 3.63) is 60.2 Å². The molecule has 1 N–H and O–H groups in total. The van der Waals surface area contributed by atoms with Crippen molar-refractivity contribution in [2.24, 2.45) is 0 Å². The van der Waals surface area contributed by atoms with Gasteiger partial charge in [-0.2, -0.15) is 0 Å². The molecule has 0 aliphatic carbocycles. The first kappa shape index (κ1) is 15.1. The summed E-state index contributed by atoms with van der Waals surface area (Å²) in [6.07, 6.45) is -0.112. The van der Waals surface area contributed by atoms with E-state index in [1.807, 2.05) is 0 Å². The molecule has 0 saturated heterocycles. The molecule has 21 heavy (non-hydrogen) atoms. The molecule has 2 aromatic rings. The van der Waals surface area contributed by atoms with Crippen LogP contribution in [0.25, 0.3) is 0 Å². The predicted molar refractivity (Wildman–Crippen MR) is 77.0 cm³/mol. The number of carboxylic acid groups (broad SMARTS) is 1. The maximum absolute atomic E-state index is 11.5. The van der Waals surface area contributed by atoms with E-state index in [0.717, 1.165) is 6.26 Å².